The Morgan fingerprint density at radius 2 is 0.815 bits per heavy atom. The van der Waals surface area contributed by atoms with E-state index in [4.69, 9.17) is 19.9 Å². The Morgan fingerprint density at radius 1 is 0.494 bits per heavy atom. The van der Waals surface area contributed by atoms with Gasteiger partial charge in [-0.1, -0.05) is 121 Å². The molecule has 7 nitrogen and oxygen atoms in total. The summed E-state index contributed by atoms with van der Waals surface area (Å²) in [7, 11) is 0. The lowest BCUT2D eigenvalue weighted by atomic mass is 9.54. The lowest BCUT2D eigenvalue weighted by Crippen LogP contribution is -2.67. The molecule has 81 heavy (non-hydrogen) atoms. The summed E-state index contributed by atoms with van der Waals surface area (Å²) in [6.45, 7) is 10.2. The first-order valence-corrected chi connectivity index (χ1v) is 26.3. The van der Waals surface area contributed by atoms with Crippen LogP contribution >= 0.6 is 0 Å². The van der Waals surface area contributed by atoms with E-state index in [1.54, 1.807) is 0 Å². The van der Waals surface area contributed by atoms with Crippen molar-refractivity contribution in [3.05, 3.63) is 213 Å². The molecule has 2 aliphatic carbocycles. The van der Waals surface area contributed by atoms with Crippen LogP contribution in [0, 0.1) is 11.3 Å². The molecule has 6 aromatic carbocycles. The largest absolute Gasteiger partial charge is 0.416 e. The summed E-state index contributed by atoms with van der Waals surface area (Å²) in [5, 5.41) is 16.9. The lowest BCUT2D eigenvalue weighted by molar-refractivity contribution is -0.145. The second-order valence-corrected chi connectivity index (χ2v) is 20.7. The number of nitrogens with one attached hydrogen (secondary N) is 2. The van der Waals surface area contributed by atoms with Gasteiger partial charge in [-0.15, -0.1) is 0 Å². The Labute approximate surface area is 464 Å². The number of nitrogens with two attached hydrogens (primary N) is 1. The average Bonchev–Trinajstić information content (AvgIpc) is 3.52. The van der Waals surface area contributed by atoms with Crippen molar-refractivity contribution in [1.29, 1.82) is 5.26 Å². The second kappa shape index (κ2) is 26.8. The van der Waals surface area contributed by atoms with Gasteiger partial charge in [0.1, 0.15) is 5.54 Å². The maximum Gasteiger partial charge on any atom is 0.416 e. The normalized spacial score (nSPS) is 21.6. The number of nitriles is 1. The topological polar surface area (TPSA) is 102 Å². The third-order valence-electron chi connectivity index (χ3n) is 14.8. The van der Waals surface area contributed by atoms with Crippen LogP contribution in [0.25, 0.3) is 0 Å². The number of hydrogen-bond acceptors (Lipinski definition) is 7. The Balaban J connectivity index is 0.000000241. The van der Waals surface area contributed by atoms with E-state index in [1.807, 2.05) is 135 Å². The minimum atomic E-state index is -4.94. The van der Waals surface area contributed by atoms with E-state index in [0.29, 0.717) is 57.5 Å². The molecule has 0 heterocycles. The molecule has 6 aromatic rings. The molecule has 4 N–H and O–H groups in total. The summed E-state index contributed by atoms with van der Waals surface area (Å²) in [6.07, 6.45) is -19.8. The second-order valence-electron chi connectivity index (χ2n) is 20.7. The van der Waals surface area contributed by atoms with Gasteiger partial charge in [-0.25, -0.2) is 0 Å². The van der Waals surface area contributed by atoms with E-state index < -0.39 is 75.5 Å². The standard InChI is InChI=1S/C29H30F6N2O.C29H26F6N2O.C4H10O/c2*1-20(22-12-24(28(30,31)32)14-25(13-22)29(33,34)35)38-19-26(23-10-6-3-7-11-23)16-27(17-26,18-36)37-15-21-8-4-2-5-9-21;1-3-5-4-2/h2-14,20,37H,15-19,36H2,1H3;2-14,20,37H,15-17,19H2,1H3;3-4H2,1-2H3/t2*20-,26?,27?;/m11./s1. The molecule has 2 aliphatic rings. The zero-order valence-electron chi connectivity index (χ0n) is 45.2. The van der Waals surface area contributed by atoms with Crippen molar-refractivity contribution in [2.45, 2.75) is 125 Å². The van der Waals surface area contributed by atoms with Crippen molar-refractivity contribution >= 4 is 0 Å². The average molecular weight is 1140 g/mol. The molecule has 0 aliphatic heterocycles. The van der Waals surface area contributed by atoms with Crippen LogP contribution in [0.2, 0.25) is 0 Å². The van der Waals surface area contributed by atoms with Crippen molar-refractivity contribution in [3.63, 3.8) is 0 Å². The molecule has 0 spiro atoms. The Morgan fingerprint density at radius 3 is 1.11 bits per heavy atom. The minimum Gasteiger partial charge on any atom is -0.382 e. The number of alkyl halides is 12. The van der Waals surface area contributed by atoms with Crippen molar-refractivity contribution in [2.75, 3.05) is 33.0 Å². The van der Waals surface area contributed by atoms with Gasteiger partial charge in [-0.3, -0.25) is 5.32 Å². The summed E-state index contributed by atoms with van der Waals surface area (Å²) in [4.78, 5) is 0. The molecule has 2 saturated carbocycles. The molecule has 2 atom stereocenters. The van der Waals surface area contributed by atoms with Gasteiger partial charge in [0.25, 0.3) is 0 Å². The summed E-state index contributed by atoms with van der Waals surface area (Å²) < 4.78 is 177. The SMILES string of the molecule is CCOCC.C[C@@H](OCC1(c2ccccc2)CC(C#N)(NCc2ccccc2)C1)c1cc(C(F)(F)F)cc(C(F)(F)F)c1.C[C@@H](OCC1(c2ccccc2)CC(CN)(NCc2ccccc2)C1)c1cc(C(F)(F)F)cc(C(F)(F)F)c1. The molecule has 0 aromatic heterocycles. The first-order valence-electron chi connectivity index (χ1n) is 26.3. The predicted octanol–water partition coefficient (Wildman–Crippen LogP) is 15.6. The maximum absolute atomic E-state index is 13.4. The number of rotatable bonds is 19. The number of ether oxygens (including phenoxy) is 3. The predicted molar refractivity (Wildman–Crippen MR) is 285 cm³/mol. The lowest BCUT2D eigenvalue weighted by Gasteiger charge is -2.57. The van der Waals surface area contributed by atoms with Crippen LogP contribution in [0.15, 0.2) is 158 Å². The zero-order valence-corrected chi connectivity index (χ0v) is 45.2. The first-order chi connectivity index (χ1) is 38.1. The van der Waals surface area contributed by atoms with Gasteiger partial charge in [0.2, 0.25) is 0 Å². The third-order valence-corrected chi connectivity index (χ3v) is 14.8. The van der Waals surface area contributed by atoms with Crippen LogP contribution < -0.4 is 16.4 Å². The fourth-order valence-corrected chi connectivity index (χ4v) is 10.4. The number of hydrogen-bond donors (Lipinski definition) is 3. The number of nitrogens with zero attached hydrogens (tertiary/aromatic N) is 1. The molecule has 436 valence electrons. The van der Waals surface area contributed by atoms with Gasteiger partial charge in [0.05, 0.1) is 53.7 Å². The van der Waals surface area contributed by atoms with E-state index in [2.05, 4.69) is 16.7 Å². The van der Waals surface area contributed by atoms with Crippen LogP contribution in [0.4, 0.5) is 52.7 Å². The van der Waals surface area contributed by atoms with E-state index in [0.717, 1.165) is 47.6 Å². The van der Waals surface area contributed by atoms with Crippen LogP contribution in [0.3, 0.4) is 0 Å². The van der Waals surface area contributed by atoms with Crippen molar-refractivity contribution in [3.8, 4) is 6.07 Å². The highest BCUT2D eigenvalue weighted by Gasteiger charge is 2.57. The first kappa shape index (κ1) is 63.9. The van der Waals surface area contributed by atoms with Crippen molar-refractivity contribution < 1.29 is 66.9 Å². The Kier molecular flexibility index (Phi) is 21.1. The summed E-state index contributed by atoms with van der Waals surface area (Å²) in [6, 6.07) is 43.7. The Hall–Kier alpha value is -6.27. The molecule has 0 radical (unpaired) electrons. The highest BCUT2D eigenvalue weighted by molar-refractivity contribution is 5.39. The van der Waals surface area contributed by atoms with Crippen molar-refractivity contribution in [2.24, 2.45) is 5.73 Å². The summed E-state index contributed by atoms with van der Waals surface area (Å²) in [5.74, 6) is 0. The molecule has 0 amide bonds. The minimum absolute atomic E-state index is 0.0201. The molecule has 2 fully saturated rings. The zero-order chi connectivity index (χ0) is 59.3. The number of benzene rings is 6. The van der Waals surface area contributed by atoms with Gasteiger partial charge < -0.3 is 25.3 Å². The van der Waals surface area contributed by atoms with Gasteiger partial charge in [0, 0.05) is 49.2 Å². The fraction of sp³-hybridized carbons (Fsp3) is 0.403. The summed E-state index contributed by atoms with van der Waals surface area (Å²) >= 11 is 0. The van der Waals surface area contributed by atoms with Gasteiger partial charge in [0.15, 0.2) is 0 Å². The molecule has 0 bridgehead atoms. The molecule has 8 rings (SSSR count). The molecule has 0 unspecified atom stereocenters. The highest BCUT2D eigenvalue weighted by atomic mass is 19.4. The van der Waals surface area contributed by atoms with Crippen LogP contribution in [-0.2, 0) is 62.8 Å². The fourth-order valence-electron chi connectivity index (χ4n) is 10.4. The molecular weight excluding hydrogens is 1080 g/mol. The Bertz CT molecular complexity index is 2870. The number of halogens is 12. The van der Waals surface area contributed by atoms with E-state index >= 15 is 0 Å². The summed E-state index contributed by atoms with van der Waals surface area (Å²) in [5.41, 5.74) is 1.94. The van der Waals surface area contributed by atoms with E-state index in [1.165, 1.54) is 13.8 Å². The van der Waals surface area contributed by atoms with E-state index in [-0.39, 0.29) is 42.0 Å². The maximum atomic E-state index is 13.4. The smallest absolute Gasteiger partial charge is 0.382 e. The van der Waals surface area contributed by atoms with Gasteiger partial charge in [-0.05, 0) is 123 Å². The molecular formula is C62H66F12N4O3. The molecule has 19 heteroatoms. The van der Waals surface area contributed by atoms with Crippen LogP contribution in [0.5, 0.6) is 0 Å². The van der Waals surface area contributed by atoms with E-state index in [9.17, 15) is 57.9 Å². The molecule has 0 saturated heterocycles. The van der Waals surface area contributed by atoms with Gasteiger partial charge >= 0.3 is 24.7 Å². The highest BCUT2D eigenvalue weighted by Crippen LogP contribution is 2.53. The quantitative estimate of drug-likeness (QED) is 0.0695. The monoisotopic (exact) mass is 1140 g/mol. The third kappa shape index (κ3) is 16.9. The van der Waals surface area contributed by atoms with Gasteiger partial charge in [-0.2, -0.15) is 57.9 Å². The van der Waals surface area contributed by atoms with Crippen LogP contribution in [0.1, 0.15) is 121 Å². The van der Waals surface area contributed by atoms with Crippen molar-refractivity contribution in [1.82, 2.24) is 10.6 Å². The van der Waals surface area contributed by atoms with Crippen LogP contribution in [-0.4, -0.2) is 44.1 Å².